The molecule has 0 aliphatic rings. The first-order valence-electron chi connectivity index (χ1n) is 13.3. The van der Waals surface area contributed by atoms with Crippen LogP contribution in [0.3, 0.4) is 0 Å². The van der Waals surface area contributed by atoms with Crippen molar-refractivity contribution < 1.29 is 0 Å². The number of hydrogen-bond acceptors (Lipinski definition) is 1. The summed E-state index contributed by atoms with van der Waals surface area (Å²) >= 11 is 1.87. The molecule has 0 unspecified atom stereocenters. The van der Waals surface area contributed by atoms with Gasteiger partial charge in [-0.15, -0.1) is 11.3 Å². The Morgan fingerprint density at radius 1 is 0.350 bits per heavy atom. The molecule has 190 valence electrons. The summed E-state index contributed by atoms with van der Waals surface area (Å²) < 4.78 is 7.44. The second-order valence-corrected chi connectivity index (χ2v) is 11.3. The van der Waals surface area contributed by atoms with E-state index in [9.17, 15) is 0 Å². The molecule has 0 aliphatic heterocycles. The SMILES string of the molecule is C.c1ccc2c(c1)c1ccccc1n2-c1ccc2sc3ccc(-n4c5ccccc5c5ccccc54)cc3c2c1. The van der Waals surface area contributed by atoms with Crippen LogP contribution in [0.5, 0.6) is 0 Å². The van der Waals surface area contributed by atoms with Crippen LogP contribution in [-0.4, -0.2) is 9.13 Å². The van der Waals surface area contributed by atoms with Gasteiger partial charge in [-0.1, -0.05) is 80.2 Å². The van der Waals surface area contributed by atoms with E-state index in [-0.39, 0.29) is 7.43 Å². The van der Waals surface area contributed by atoms with E-state index >= 15 is 0 Å². The molecule has 0 saturated heterocycles. The van der Waals surface area contributed by atoms with Crippen molar-refractivity contribution in [2.45, 2.75) is 7.43 Å². The van der Waals surface area contributed by atoms with E-state index < -0.39 is 0 Å². The maximum absolute atomic E-state index is 2.41. The number of hydrogen-bond donors (Lipinski definition) is 0. The molecule has 0 atom stereocenters. The van der Waals surface area contributed by atoms with E-state index in [1.807, 2.05) is 11.3 Å². The van der Waals surface area contributed by atoms with E-state index in [1.54, 1.807) is 0 Å². The Bertz CT molecular complexity index is 2120. The molecule has 0 saturated carbocycles. The summed E-state index contributed by atoms with van der Waals surface area (Å²) in [5.41, 5.74) is 7.35. The number of aromatic nitrogens is 2. The number of rotatable bonds is 2. The fourth-order valence-corrected chi connectivity index (χ4v) is 7.50. The van der Waals surface area contributed by atoms with Crippen molar-refractivity contribution in [1.29, 1.82) is 0 Å². The predicted molar refractivity (Wildman–Crippen MR) is 175 cm³/mol. The van der Waals surface area contributed by atoms with Crippen LogP contribution < -0.4 is 0 Å². The van der Waals surface area contributed by atoms with Gasteiger partial charge in [-0.2, -0.15) is 0 Å². The van der Waals surface area contributed by atoms with Crippen LogP contribution in [0.1, 0.15) is 7.43 Å². The highest BCUT2D eigenvalue weighted by molar-refractivity contribution is 7.25. The molecule has 0 radical (unpaired) electrons. The van der Waals surface area contributed by atoms with Gasteiger partial charge in [0.15, 0.2) is 0 Å². The van der Waals surface area contributed by atoms with Gasteiger partial charge in [0.1, 0.15) is 0 Å². The molecule has 0 N–H and O–H groups in total. The average molecular weight is 531 g/mol. The van der Waals surface area contributed by atoms with Gasteiger partial charge < -0.3 is 9.13 Å². The van der Waals surface area contributed by atoms with E-state index in [1.165, 1.54) is 75.2 Å². The summed E-state index contributed by atoms with van der Waals surface area (Å²) in [4.78, 5) is 0. The predicted octanol–water partition coefficient (Wildman–Crippen LogP) is 10.9. The first kappa shape index (κ1) is 23.1. The van der Waals surface area contributed by atoms with Crippen LogP contribution in [0, 0.1) is 0 Å². The first-order valence-corrected chi connectivity index (χ1v) is 14.1. The molecule has 9 aromatic rings. The van der Waals surface area contributed by atoms with Crippen molar-refractivity contribution in [1.82, 2.24) is 9.13 Å². The highest BCUT2D eigenvalue weighted by atomic mass is 32.1. The second kappa shape index (κ2) is 8.57. The van der Waals surface area contributed by atoms with Crippen LogP contribution in [0.4, 0.5) is 0 Å². The van der Waals surface area contributed by atoms with E-state index in [4.69, 9.17) is 0 Å². The lowest BCUT2D eigenvalue weighted by Gasteiger charge is -2.09. The third-order valence-electron chi connectivity index (χ3n) is 8.11. The van der Waals surface area contributed by atoms with Crippen LogP contribution in [-0.2, 0) is 0 Å². The molecular weight excluding hydrogens is 504 g/mol. The molecule has 6 aromatic carbocycles. The smallest absolute Gasteiger partial charge is 0.0541 e. The van der Waals surface area contributed by atoms with Crippen molar-refractivity contribution in [3.05, 3.63) is 133 Å². The molecule has 0 bridgehead atoms. The minimum absolute atomic E-state index is 0. The number of fused-ring (bicyclic) bond motifs is 9. The highest BCUT2D eigenvalue weighted by Crippen LogP contribution is 2.40. The lowest BCUT2D eigenvalue weighted by atomic mass is 10.1. The topological polar surface area (TPSA) is 9.86 Å². The monoisotopic (exact) mass is 530 g/mol. The summed E-state index contributed by atoms with van der Waals surface area (Å²) in [6, 6.07) is 48.7. The summed E-state index contributed by atoms with van der Waals surface area (Å²) in [5.74, 6) is 0. The molecule has 0 aliphatic carbocycles. The molecule has 0 fully saturated rings. The van der Waals surface area contributed by atoms with Gasteiger partial charge >= 0.3 is 0 Å². The fraction of sp³-hybridized carbons (Fsp3) is 0.0270. The second-order valence-electron chi connectivity index (χ2n) is 10.2. The maximum Gasteiger partial charge on any atom is 0.0541 e. The van der Waals surface area contributed by atoms with Crippen LogP contribution in [0.2, 0.25) is 0 Å². The number of nitrogens with zero attached hydrogens (tertiary/aromatic N) is 2. The van der Waals surface area contributed by atoms with E-state index in [2.05, 4.69) is 143 Å². The molecule has 9 rings (SSSR count). The van der Waals surface area contributed by atoms with Crippen molar-refractivity contribution in [2.24, 2.45) is 0 Å². The molecule has 3 heterocycles. The summed E-state index contributed by atoms with van der Waals surface area (Å²) in [6.07, 6.45) is 0. The number of para-hydroxylation sites is 4. The Morgan fingerprint density at radius 3 is 1.02 bits per heavy atom. The number of benzene rings is 6. The molecule has 40 heavy (non-hydrogen) atoms. The average Bonchev–Trinajstić information content (AvgIpc) is 3.64. The Balaban J connectivity index is 0.00000245. The fourth-order valence-electron chi connectivity index (χ4n) is 6.43. The molecular formula is C37H26N2S. The zero-order valence-electron chi connectivity index (χ0n) is 21.0. The lowest BCUT2D eigenvalue weighted by Crippen LogP contribution is -1.94. The van der Waals surface area contributed by atoms with Crippen LogP contribution in [0.15, 0.2) is 133 Å². The molecule has 0 spiro atoms. The largest absolute Gasteiger partial charge is 0.309 e. The quantitative estimate of drug-likeness (QED) is 0.210. The Morgan fingerprint density at radius 2 is 0.675 bits per heavy atom. The van der Waals surface area contributed by atoms with Crippen molar-refractivity contribution >= 4 is 75.1 Å². The first-order chi connectivity index (χ1) is 19.3. The third-order valence-corrected chi connectivity index (χ3v) is 9.26. The zero-order chi connectivity index (χ0) is 25.5. The van der Waals surface area contributed by atoms with Gasteiger partial charge in [0.25, 0.3) is 0 Å². The third kappa shape index (κ3) is 3.10. The van der Waals surface area contributed by atoms with E-state index in [0.717, 1.165) is 0 Å². The standard InChI is InChI=1S/C36H22N2S.CH4/c1-5-13-31-25(9-1)26-10-2-6-14-32(26)37(31)23-17-19-35-29(21-23)30-22-24(18-20-36(30)39-35)38-33-15-7-3-11-27(33)28-12-4-8-16-34(28)38;/h1-22H;1H4. The summed E-state index contributed by atoms with van der Waals surface area (Å²) in [6.45, 7) is 0. The summed E-state index contributed by atoms with van der Waals surface area (Å²) in [7, 11) is 0. The van der Waals surface area contributed by atoms with Gasteiger partial charge in [-0.25, -0.2) is 0 Å². The molecule has 0 amide bonds. The Labute approximate surface area is 235 Å². The molecule has 3 aromatic heterocycles. The van der Waals surface area contributed by atoms with Gasteiger partial charge in [-0.3, -0.25) is 0 Å². The van der Waals surface area contributed by atoms with Gasteiger partial charge in [-0.05, 0) is 60.7 Å². The minimum atomic E-state index is 0. The van der Waals surface area contributed by atoms with Crippen molar-refractivity contribution in [2.75, 3.05) is 0 Å². The lowest BCUT2D eigenvalue weighted by molar-refractivity contribution is 1.18. The summed E-state index contributed by atoms with van der Waals surface area (Å²) in [5, 5.41) is 7.76. The number of thiophene rings is 1. The van der Waals surface area contributed by atoms with Crippen LogP contribution in [0.25, 0.3) is 75.2 Å². The zero-order valence-corrected chi connectivity index (χ0v) is 21.8. The minimum Gasteiger partial charge on any atom is -0.309 e. The van der Waals surface area contributed by atoms with Crippen molar-refractivity contribution in [3.8, 4) is 11.4 Å². The Kier molecular flexibility index (Phi) is 4.94. The highest BCUT2D eigenvalue weighted by Gasteiger charge is 2.15. The molecule has 3 heteroatoms. The maximum atomic E-state index is 2.41. The van der Waals surface area contributed by atoms with E-state index in [0.29, 0.717) is 0 Å². The Hall–Kier alpha value is -4.86. The normalized spacial score (nSPS) is 11.8. The van der Waals surface area contributed by atoms with Gasteiger partial charge in [0, 0.05) is 53.1 Å². The van der Waals surface area contributed by atoms with Gasteiger partial charge in [0.2, 0.25) is 0 Å². The van der Waals surface area contributed by atoms with Crippen LogP contribution >= 0.6 is 11.3 Å². The van der Waals surface area contributed by atoms with Crippen molar-refractivity contribution in [3.63, 3.8) is 0 Å². The molecule has 2 nitrogen and oxygen atoms in total. The van der Waals surface area contributed by atoms with Gasteiger partial charge in [0.05, 0.1) is 22.1 Å².